The number of rotatable bonds is 7. The van der Waals surface area contributed by atoms with E-state index in [1.807, 2.05) is 32.9 Å². The summed E-state index contributed by atoms with van der Waals surface area (Å²) in [6, 6.07) is 4.09. The molecule has 0 atom stereocenters. The van der Waals surface area contributed by atoms with E-state index >= 15 is 0 Å². The second-order valence-electron chi connectivity index (χ2n) is 4.33. The summed E-state index contributed by atoms with van der Waals surface area (Å²) in [5, 5.41) is 0. The first-order chi connectivity index (χ1) is 7.96. The fourth-order valence-corrected chi connectivity index (χ4v) is 2.99. The van der Waals surface area contributed by atoms with Crippen LogP contribution in [0.25, 0.3) is 0 Å². The molecule has 17 heavy (non-hydrogen) atoms. The van der Waals surface area contributed by atoms with Crippen molar-refractivity contribution < 1.29 is 8.42 Å². The van der Waals surface area contributed by atoms with Crippen molar-refractivity contribution in [2.45, 2.75) is 40.2 Å². The molecule has 0 radical (unpaired) electrons. The lowest BCUT2D eigenvalue weighted by Gasteiger charge is -2.10. The van der Waals surface area contributed by atoms with Gasteiger partial charge in [-0.2, -0.15) is 0 Å². The fraction of sp³-hybridized carbons (Fsp3) is 0.667. The van der Waals surface area contributed by atoms with E-state index < -0.39 is 10.0 Å². The van der Waals surface area contributed by atoms with Crippen molar-refractivity contribution in [2.75, 3.05) is 12.3 Å². The predicted molar refractivity (Wildman–Crippen MR) is 70.6 cm³/mol. The first-order valence-corrected chi connectivity index (χ1v) is 7.71. The van der Waals surface area contributed by atoms with Gasteiger partial charge < -0.3 is 4.57 Å². The average molecular weight is 258 g/mol. The molecule has 1 aromatic heterocycles. The van der Waals surface area contributed by atoms with E-state index in [2.05, 4.69) is 9.29 Å². The quantitative estimate of drug-likeness (QED) is 0.811. The number of nitrogens with zero attached hydrogens (tertiary/aromatic N) is 1. The zero-order valence-corrected chi connectivity index (χ0v) is 11.7. The van der Waals surface area contributed by atoms with Gasteiger partial charge in [0.25, 0.3) is 0 Å². The van der Waals surface area contributed by atoms with E-state index in [4.69, 9.17) is 0 Å². The summed E-state index contributed by atoms with van der Waals surface area (Å²) in [4.78, 5) is 0. The van der Waals surface area contributed by atoms with Crippen molar-refractivity contribution in [3.63, 3.8) is 0 Å². The van der Waals surface area contributed by atoms with Crippen LogP contribution in [0.1, 0.15) is 31.2 Å². The number of hydrogen-bond acceptors (Lipinski definition) is 2. The molecule has 0 amide bonds. The molecule has 0 saturated carbocycles. The Labute approximate surface area is 104 Å². The number of sulfonamides is 1. The van der Waals surface area contributed by atoms with Gasteiger partial charge in [-0.3, -0.25) is 0 Å². The van der Waals surface area contributed by atoms with Gasteiger partial charge in [-0.25, -0.2) is 13.1 Å². The zero-order chi connectivity index (χ0) is 12.9. The van der Waals surface area contributed by atoms with E-state index in [0.29, 0.717) is 13.1 Å². The van der Waals surface area contributed by atoms with E-state index in [1.54, 1.807) is 0 Å². The van der Waals surface area contributed by atoms with Gasteiger partial charge in [0, 0.05) is 24.5 Å². The van der Waals surface area contributed by atoms with Crippen molar-refractivity contribution in [2.24, 2.45) is 0 Å². The van der Waals surface area contributed by atoms with Crippen molar-refractivity contribution in [1.82, 2.24) is 9.29 Å². The Balaban J connectivity index is 2.43. The average Bonchev–Trinajstić information content (AvgIpc) is 2.58. The molecule has 1 aromatic rings. The smallest absolute Gasteiger partial charge is 0.211 e. The molecule has 0 saturated heterocycles. The molecule has 1 rings (SSSR count). The number of aromatic nitrogens is 1. The van der Waals surface area contributed by atoms with Gasteiger partial charge in [-0.15, -0.1) is 0 Å². The lowest BCUT2D eigenvalue weighted by atomic mass is 10.4. The summed E-state index contributed by atoms with van der Waals surface area (Å²) in [6.07, 6.45) is 1.62. The van der Waals surface area contributed by atoms with Crippen LogP contribution in [-0.4, -0.2) is 25.3 Å². The second-order valence-corrected chi connectivity index (χ2v) is 6.26. The minimum atomic E-state index is -3.09. The number of unbranched alkanes of at least 4 members (excludes halogenated alkanes) is 1. The van der Waals surface area contributed by atoms with Crippen molar-refractivity contribution >= 4 is 10.0 Å². The third-order valence-electron chi connectivity index (χ3n) is 2.84. The van der Waals surface area contributed by atoms with Gasteiger partial charge in [-0.1, -0.05) is 13.3 Å². The van der Waals surface area contributed by atoms with E-state index in [1.165, 1.54) is 0 Å². The molecule has 0 aliphatic carbocycles. The molecule has 5 heteroatoms. The maximum Gasteiger partial charge on any atom is 0.211 e. The molecule has 0 aliphatic heterocycles. The first-order valence-electron chi connectivity index (χ1n) is 6.06. The summed E-state index contributed by atoms with van der Waals surface area (Å²) < 4.78 is 27.9. The molecule has 0 fully saturated rings. The largest absolute Gasteiger partial charge is 0.348 e. The predicted octanol–water partition coefficient (Wildman–Crippen LogP) is 1.82. The topological polar surface area (TPSA) is 51.1 Å². The van der Waals surface area contributed by atoms with Crippen LogP contribution >= 0.6 is 0 Å². The Morgan fingerprint density at radius 3 is 2.35 bits per heavy atom. The minimum absolute atomic E-state index is 0.229. The van der Waals surface area contributed by atoms with Crippen molar-refractivity contribution in [3.05, 3.63) is 23.5 Å². The van der Waals surface area contributed by atoms with Crippen LogP contribution in [0, 0.1) is 13.8 Å². The van der Waals surface area contributed by atoms with Gasteiger partial charge >= 0.3 is 0 Å². The summed E-state index contributed by atoms with van der Waals surface area (Å²) in [6.45, 7) is 7.19. The summed E-state index contributed by atoms with van der Waals surface area (Å²) >= 11 is 0. The Kier molecular flexibility index (Phi) is 5.21. The van der Waals surface area contributed by atoms with Crippen LogP contribution < -0.4 is 4.72 Å². The number of nitrogens with one attached hydrogen (secondary N) is 1. The molecule has 98 valence electrons. The third kappa shape index (κ3) is 4.52. The summed E-state index contributed by atoms with van der Waals surface area (Å²) in [5.74, 6) is 0.229. The van der Waals surface area contributed by atoms with Gasteiger partial charge in [-0.05, 0) is 32.4 Å². The Morgan fingerprint density at radius 1 is 1.24 bits per heavy atom. The van der Waals surface area contributed by atoms with Gasteiger partial charge in [0.2, 0.25) is 10.0 Å². The highest BCUT2D eigenvalue weighted by molar-refractivity contribution is 7.89. The van der Waals surface area contributed by atoms with Crippen LogP contribution in [0.2, 0.25) is 0 Å². The minimum Gasteiger partial charge on any atom is -0.348 e. The van der Waals surface area contributed by atoms with Gasteiger partial charge in [0.15, 0.2) is 0 Å². The molecular weight excluding hydrogens is 236 g/mol. The molecule has 0 bridgehead atoms. The monoisotopic (exact) mass is 258 g/mol. The number of hydrogen-bond donors (Lipinski definition) is 1. The van der Waals surface area contributed by atoms with Crippen LogP contribution in [-0.2, 0) is 16.6 Å². The zero-order valence-electron chi connectivity index (χ0n) is 10.9. The third-order valence-corrected chi connectivity index (χ3v) is 4.31. The first kappa shape index (κ1) is 14.3. The lowest BCUT2D eigenvalue weighted by Crippen LogP contribution is -2.29. The molecule has 1 N–H and O–H groups in total. The van der Waals surface area contributed by atoms with E-state index in [-0.39, 0.29) is 5.75 Å². The summed E-state index contributed by atoms with van der Waals surface area (Å²) in [7, 11) is -3.09. The summed E-state index contributed by atoms with van der Waals surface area (Å²) in [5.41, 5.74) is 2.32. The normalized spacial score (nSPS) is 11.9. The number of aryl methyl sites for hydroxylation is 2. The van der Waals surface area contributed by atoms with E-state index in [9.17, 15) is 8.42 Å². The van der Waals surface area contributed by atoms with Crippen molar-refractivity contribution in [1.29, 1.82) is 0 Å². The lowest BCUT2D eigenvalue weighted by molar-refractivity contribution is 0.567. The highest BCUT2D eigenvalue weighted by Crippen LogP contribution is 2.06. The maximum atomic E-state index is 11.6. The molecule has 1 heterocycles. The van der Waals surface area contributed by atoms with Gasteiger partial charge in [0.1, 0.15) is 0 Å². The Morgan fingerprint density at radius 2 is 1.82 bits per heavy atom. The Bertz CT molecular complexity index is 430. The van der Waals surface area contributed by atoms with Crippen molar-refractivity contribution in [3.8, 4) is 0 Å². The SMILES string of the molecule is CCCCS(=O)(=O)NCCn1c(C)ccc1C. The van der Waals surface area contributed by atoms with Crippen LogP contribution in [0.4, 0.5) is 0 Å². The molecular formula is C12H22N2O2S. The highest BCUT2D eigenvalue weighted by atomic mass is 32.2. The van der Waals surface area contributed by atoms with E-state index in [0.717, 1.165) is 24.2 Å². The highest BCUT2D eigenvalue weighted by Gasteiger charge is 2.08. The van der Waals surface area contributed by atoms with Crippen LogP contribution in [0.5, 0.6) is 0 Å². The Hall–Kier alpha value is -0.810. The van der Waals surface area contributed by atoms with Crippen LogP contribution in [0.3, 0.4) is 0 Å². The van der Waals surface area contributed by atoms with Gasteiger partial charge in [0.05, 0.1) is 5.75 Å². The molecule has 0 aromatic carbocycles. The molecule has 0 spiro atoms. The van der Waals surface area contributed by atoms with Crippen LogP contribution in [0.15, 0.2) is 12.1 Å². The standard InChI is InChI=1S/C12H22N2O2S/c1-4-5-10-17(15,16)13-8-9-14-11(2)6-7-12(14)3/h6-7,13H,4-5,8-10H2,1-3H3. The molecule has 0 unspecified atom stereocenters. The molecule has 0 aliphatic rings. The maximum absolute atomic E-state index is 11.6. The second kappa shape index (κ2) is 6.21. The fourth-order valence-electron chi connectivity index (χ4n) is 1.77. The molecule has 4 nitrogen and oxygen atoms in total.